The molecule has 0 aromatic heterocycles. The summed E-state index contributed by atoms with van der Waals surface area (Å²) in [7, 11) is -3.42. The molecule has 1 aromatic rings. The number of carbonyl (C=O) groups excluding carboxylic acids is 3. The van der Waals surface area contributed by atoms with Gasteiger partial charge in [0.2, 0.25) is 11.8 Å². The molecule has 188 valence electrons. The highest BCUT2D eigenvalue weighted by molar-refractivity contribution is 7.90. The third-order valence-electron chi connectivity index (χ3n) is 4.95. The number of rotatable bonds is 8. The van der Waals surface area contributed by atoms with E-state index in [0.29, 0.717) is 18.5 Å². The molecule has 0 unspecified atom stereocenters. The van der Waals surface area contributed by atoms with Gasteiger partial charge in [-0.15, -0.1) is 0 Å². The molecule has 0 spiro atoms. The number of nitro benzene ring substituents is 1. The molecule has 2 N–H and O–H groups in total. The first-order chi connectivity index (χ1) is 15.7. The number of anilines is 1. The third kappa shape index (κ3) is 8.28. The van der Waals surface area contributed by atoms with Crippen molar-refractivity contribution < 1.29 is 32.5 Å². The van der Waals surface area contributed by atoms with Gasteiger partial charge < -0.3 is 20.3 Å². The van der Waals surface area contributed by atoms with Gasteiger partial charge in [-0.05, 0) is 52.2 Å². The van der Waals surface area contributed by atoms with Gasteiger partial charge in [0.05, 0.1) is 10.7 Å². The number of non-ortho nitro benzene ring substituents is 1. The van der Waals surface area contributed by atoms with Crippen molar-refractivity contribution >= 4 is 39.1 Å². The molecule has 1 heterocycles. The molecule has 0 saturated carbocycles. The molecule has 1 aromatic carbocycles. The fourth-order valence-electron chi connectivity index (χ4n) is 3.43. The predicted molar refractivity (Wildman–Crippen MR) is 124 cm³/mol. The zero-order valence-electron chi connectivity index (χ0n) is 19.6. The SMILES string of the molecule is CC(C)(C)OC(=O)N[C@@H](CCS(C)(=O)=O)C(=O)N1CCC[C@H]1C(=O)Nc1ccc([N+](=O)[O-])cc1. The van der Waals surface area contributed by atoms with Gasteiger partial charge in [-0.2, -0.15) is 0 Å². The molecule has 0 bridgehead atoms. The second-order valence-electron chi connectivity index (χ2n) is 9.10. The van der Waals surface area contributed by atoms with Crippen LogP contribution in [0.1, 0.15) is 40.0 Å². The lowest BCUT2D eigenvalue weighted by Gasteiger charge is -2.29. The minimum absolute atomic E-state index is 0.127. The van der Waals surface area contributed by atoms with Crippen molar-refractivity contribution in [2.75, 3.05) is 23.9 Å². The van der Waals surface area contributed by atoms with Crippen LogP contribution in [0, 0.1) is 10.1 Å². The Morgan fingerprint density at radius 3 is 2.38 bits per heavy atom. The van der Waals surface area contributed by atoms with E-state index in [1.165, 1.54) is 29.2 Å². The first kappa shape index (κ1) is 27.0. The summed E-state index contributed by atoms with van der Waals surface area (Å²) >= 11 is 0. The lowest BCUT2D eigenvalue weighted by atomic mass is 10.1. The average Bonchev–Trinajstić information content (AvgIpc) is 3.19. The molecular weight excluding hydrogens is 468 g/mol. The summed E-state index contributed by atoms with van der Waals surface area (Å²) in [5.74, 6) is -1.41. The number of sulfone groups is 1. The minimum Gasteiger partial charge on any atom is -0.444 e. The van der Waals surface area contributed by atoms with Crippen molar-refractivity contribution in [2.24, 2.45) is 0 Å². The number of nitrogens with zero attached hydrogens (tertiary/aromatic N) is 2. The van der Waals surface area contributed by atoms with Crippen molar-refractivity contribution in [2.45, 2.75) is 57.7 Å². The van der Waals surface area contributed by atoms with Gasteiger partial charge in [-0.3, -0.25) is 19.7 Å². The van der Waals surface area contributed by atoms with Crippen molar-refractivity contribution in [1.29, 1.82) is 0 Å². The van der Waals surface area contributed by atoms with Crippen LogP contribution >= 0.6 is 0 Å². The summed E-state index contributed by atoms with van der Waals surface area (Å²) in [4.78, 5) is 49.9. The maximum atomic E-state index is 13.3. The van der Waals surface area contributed by atoms with E-state index in [0.717, 1.165) is 6.26 Å². The predicted octanol–water partition coefficient (Wildman–Crippen LogP) is 1.85. The fourth-order valence-corrected chi connectivity index (χ4v) is 4.10. The van der Waals surface area contributed by atoms with Crippen LogP contribution in [-0.2, 0) is 24.2 Å². The topological polar surface area (TPSA) is 165 Å². The van der Waals surface area contributed by atoms with Gasteiger partial charge >= 0.3 is 6.09 Å². The maximum absolute atomic E-state index is 13.3. The zero-order chi connectivity index (χ0) is 25.7. The number of hydrogen-bond acceptors (Lipinski definition) is 8. The van der Waals surface area contributed by atoms with E-state index >= 15 is 0 Å². The van der Waals surface area contributed by atoms with Crippen LogP contribution in [0.4, 0.5) is 16.2 Å². The number of nitrogens with one attached hydrogen (secondary N) is 2. The Kier molecular flexibility index (Phi) is 8.59. The molecule has 1 saturated heterocycles. The van der Waals surface area contributed by atoms with Crippen LogP contribution in [-0.4, -0.2) is 72.4 Å². The summed E-state index contributed by atoms with van der Waals surface area (Å²) in [5.41, 5.74) is -0.622. The molecule has 12 nitrogen and oxygen atoms in total. The van der Waals surface area contributed by atoms with Gasteiger partial charge in [0.15, 0.2) is 0 Å². The number of benzene rings is 1. The third-order valence-corrected chi connectivity index (χ3v) is 5.93. The second kappa shape index (κ2) is 10.8. The molecule has 34 heavy (non-hydrogen) atoms. The van der Waals surface area contributed by atoms with E-state index in [-0.39, 0.29) is 24.4 Å². The summed E-state index contributed by atoms with van der Waals surface area (Å²) in [5, 5.41) is 15.9. The zero-order valence-corrected chi connectivity index (χ0v) is 20.4. The Hall–Kier alpha value is -3.22. The van der Waals surface area contributed by atoms with E-state index in [9.17, 15) is 32.9 Å². The van der Waals surface area contributed by atoms with Crippen LogP contribution in [0.25, 0.3) is 0 Å². The van der Waals surface area contributed by atoms with Crippen molar-refractivity contribution in [3.8, 4) is 0 Å². The largest absolute Gasteiger partial charge is 0.444 e. The van der Waals surface area contributed by atoms with E-state index in [2.05, 4.69) is 10.6 Å². The molecule has 0 aliphatic carbocycles. The first-order valence-electron chi connectivity index (χ1n) is 10.7. The standard InChI is InChI=1S/C21H30N4O8S/c1-21(2,3)33-20(28)23-16(11-13-34(4,31)32)19(27)24-12-5-6-17(24)18(26)22-14-7-9-15(10-8-14)25(29)30/h7-10,16-17H,5-6,11-13H2,1-4H3,(H,22,26)(H,23,28)/t16-,17-/m0/s1. The summed E-state index contributed by atoms with van der Waals surface area (Å²) in [6.45, 7) is 5.21. The smallest absolute Gasteiger partial charge is 0.408 e. The van der Waals surface area contributed by atoms with Crippen LogP contribution in [0.2, 0.25) is 0 Å². The van der Waals surface area contributed by atoms with Gasteiger partial charge in [-0.25, -0.2) is 13.2 Å². The summed E-state index contributed by atoms with van der Waals surface area (Å²) in [6, 6.07) is 3.23. The minimum atomic E-state index is -3.42. The van der Waals surface area contributed by atoms with Crippen molar-refractivity contribution in [3.63, 3.8) is 0 Å². The Balaban J connectivity index is 2.15. The van der Waals surface area contributed by atoms with Crippen molar-refractivity contribution in [3.05, 3.63) is 34.4 Å². The summed E-state index contributed by atoms with van der Waals surface area (Å²) < 4.78 is 28.5. The number of amides is 3. The molecule has 2 atom stereocenters. The van der Waals surface area contributed by atoms with E-state index in [4.69, 9.17) is 4.74 Å². The van der Waals surface area contributed by atoms with Crippen LogP contribution < -0.4 is 10.6 Å². The Bertz CT molecular complexity index is 1030. The molecule has 1 aliphatic heterocycles. The lowest BCUT2D eigenvalue weighted by molar-refractivity contribution is -0.384. The van der Waals surface area contributed by atoms with E-state index in [1.54, 1.807) is 20.8 Å². The quantitative estimate of drug-likeness (QED) is 0.405. The highest BCUT2D eigenvalue weighted by atomic mass is 32.2. The average molecular weight is 499 g/mol. The van der Waals surface area contributed by atoms with Gasteiger partial charge in [-0.1, -0.05) is 0 Å². The Morgan fingerprint density at radius 1 is 1.24 bits per heavy atom. The molecular formula is C21H30N4O8S. The Morgan fingerprint density at radius 2 is 1.85 bits per heavy atom. The highest BCUT2D eigenvalue weighted by Gasteiger charge is 2.38. The number of ether oxygens (including phenoxy) is 1. The number of hydrogen-bond donors (Lipinski definition) is 2. The molecule has 13 heteroatoms. The molecule has 1 aliphatic rings. The molecule has 3 amide bonds. The number of carbonyl (C=O) groups is 3. The number of nitro groups is 1. The lowest BCUT2D eigenvalue weighted by Crippen LogP contribution is -2.53. The van der Waals surface area contributed by atoms with E-state index in [1.807, 2.05) is 0 Å². The van der Waals surface area contributed by atoms with E-state index < -0.39 is 50.4 Å². The van der Waals surface area contributed by atoms with Crippen LogP contribution in [0.15, 0.2) is 24.3 Å². The molecule has 1 fully saturated rings. The van der Waals surface area contributed by atoms with Crippen LogP contribution in [0.3, 0.4) is 0 Å². The molecule has 2 rings (SSSR count). The van der Waals surface area contributed by atoms with Crippen molar-refractivity contribution in [1.82, 2.24) is 10.2 Å². The van der Waals surface area contributed by atoms with Crippen LogP contribution in [0.5, 0.6) is 0 Å². The molecule has 0 radical (unpaired) electrons. The number of likely N-dealkylation sites (tertiary alicyclic amines) is 1. The first-order valence-corrected chi connectivity index (χ1v) is 12.8. The van der Waals surface area contributed by atoms with Gasteiger partial charge in [0.25, 0.3) is 5.69 Å². The summed E-state index contributed by atoms with van der Waals surface area (Å²) in [6.07, 6.45) is 0.887. The second-order valence-corrected chi connectivity index (χ2v) is 11.4. The normalized spacial score (nSPS) is 17.1. The Labute approximate surface area is 198 Å². The van der Waals surface area contributed by atoms with Gasteiger partial charge in [0, 0.05) is 30.6 Å². The highest BCUT2D eigenvalue weighted by Crippen LogP contribution is 2.22. The number of alkyl carbamates (subject to hydrolysis) is 1. The maximum Gasteiger partial charge on any atom is 0.408 e. The monoisotopic (exact) mass is 498 g/mol. The van der Waals surface area contributed by atoms with Gasteiger partial charge in [0.1, 0.15) is 27.5 Å². The fraction of sp³-hybridized carbons (Fsp3) is 0.571.